The van der Waals surface area contributed by atoms with Crippen molar-refractivity contribution in [1.29, 1.82) is 5.41 Å². The monoisotopic (exact) mass is 333 g/mol. The summed E-state index contributed by atoms with van der Waals surface area (Å²) >= 11 is 4.16. The van der Waals surface area contributed by atoms with E-state index in [0.717, 1.165) is 11.8 Å². The molecule has 0 atom stereocenters. The first kappa shape index (κ1) is 15.0. The summed E-state index contributed by atoms with van der Waals surface area (Å²) in [6, 6.07) is 3.07. The topological polar surface area (TPSA) is 79.0 Å². The van der Waals surface area contributed by atoms with E-state index in [-0.39, 0.29) is 22.0 Å². The van der Waals surface area contributed by atoms with Crippen molar-refractivity contribution in [3.8, 4) is 0 Å². The molecule has 0 aliphatic carbocycles. The van der Waals surface area contributed by atoms with Gasteiger partial charge >= 0.3 is 0 Å². The van der Waals surface area contributed by atoms with Crippen molar-refractivity contribution in [1.82, 2.24) is 5.32 Å². The molecule has 1 amide bonds. The van der Waals surface area contributed by atoms with Gasteiger partial charge in [-0.25, -0.2) is 4.39 Å². The van der Waals surface area contributed by atoms with Crippen molar-refractivity contribution in [2.75, 3.05) is 12.3 Å². The number of benzene rings is 1. The van der Waals surface area contributed by atoms with Crippen LogP contribution in [0.4, 0.5) is 4.39 Å². The zero-order chi connectivity index (χ0) is 13.7. The lowest BCUT2D eigenvalue weighted by atomic mass is 10.2. The van der Waals surface area contributed by atoms with Crippen LogP contribution in [0.15, 0.2) is 21.5 Å². The second-order valence-electron chi connectivity index (χ2n) is 3.40. The molecule has 0 aromatic heterocycles. The summed E-state index contributed by atoms with van der Waals surface area (Å²) in [6.45, 7) is 2.37. The van der Waals surface area contributed by atoms with Crippen molar-refractivity contribution < 1.29 is 9.18 Å². The third-order valence-corrected chi connectivity index (χ3v) is 3.88. The quantitative estimate of drug-likeness (QED) is 0.438. The van der Waals surface area contributed by atoms with Gasteiger partial charge in [-0.2, -0.15) is 0 Å². The van der Waals surface area contributed by atoms with Gasteiger partial charge < -0.3 is 11.1 Å². The predicted molar refractivity (Wildman–Crippen MR) is 74.5 cm³/mol. The van der Waals surface area contributed by atoms with Gasteiger partial charge in [0.05, 0.1) is 10.2 Å². The Kier molecular flexibility index (Phi) is 5.61. The molecule has 0 heterocycles. The lowest BCUT2D eigenvalue weighted by Gasteiger charge is -2.08. The molecule has 0 saturated carbocycles. The maximum atomic E-state index is 13.9. The van der Waals surface area contributed by atoms with E-state index in [9.17, 15) is 9.18 Å². The van der Waals surface area contributed by atoms with Crippen LogP contribution in [0.1, 0.15) is 12.5 Å². The van der Waals surface area contributed by atoms with Gasteiger partial charge in [-0.1, -0.05) is 0 Å². The predicted octanol–water partition coefficient (Wildman–Crippen LogP) is 2.10. The minimum absolute atomic E-state index is 0.145. The van der Waals surface area contributed by atoms with Crippen LogP contribution in [0.25, 0.3) is 0 Å². The van der Waals surface area contributed by atoms with Gasteiger partial charge in [0.15, 0.2) is 5.82 Å². The fourth-order valence-electron chi connectivity index (χ4n) is 1.24. The van der Waals surface area contributed by atoms with Crippen molar-refractivity contribution in [2.45, 2.75) is 11.8 Å². The highest BCUT2D eigenvalue weighted by Gasteiger charge is 2.14. The Hall–Kier alpha value is -1.08. The minimum atomic E-state index is -0.503. The number of carbonyl (C=O) groups is 1. The first-order valence-corrected chi connectivity index (χ1v) is 6.97. The highest BCUT2D eigenvalue weighted by atomic mass is 79.9. The molecule has 0 radical (unpaired) electrons. The number of rotatable bonds is 5. The Morgan fingerprint density at radius 3 is 2.83 bits per heavy atom. The van der Waals surface area contributed by atoms with Gasteiger partial charge in [0, 0.05) is 17.0 Å². The average molecular weight is 334 g/mol. The molecule has 0 spiro atoms. The van der Waals surface area contributed by atoms with Crippen LogP contribution < -0.4 is 11.1 Å². The van der Waals surface area contributed by atoms with Crippen LogP contribution in [0.2, 0.25) is 0 Å². The Balaban J connectivity index is 2.83. The molecular weight excluding hydrogens is 321 g/mol. The summed E-state index contributed by atoms with van der Waals surface area (Å²) in [5.41, 5.74) is 5.61. The van der Waals surface area contributed by atoms with E-state index in [2.05, 4.69) is 21.2 Å². The molecule has 4 nitrogen and oxygen atoms in total. The van der Waals surface area contributed by atoms with Crippen molar-refractivity contribution in [3.63, 3.8) is 0 Å². The molecule has 0 unspecified atom stereocenters. The van der Waals surface area contributed by atoms with Gasteiger partial charge in [-0.3, -0.25) is 10.2 Å². The van der Waals surface area contributed by atoms with Crippen LogP contribution >= 0.6 is 27.7 Å². The van der Waals surface area contributed by atoms with E-state index in [0.29, 0.717) is 17.0 Å². The third kappa shape index (κ3) is 3.71. The van der Waals surface area contributed by atoms with Crippen LogP contribution in [0.3, 0.4) is 0 Å². The summed E-state index contributed by atoms with van der Waals surface area (Å²) in [4.78, 5) is 11.6. The van der Waals surface area contributed by atoms with E-state index in [1.54, 1.807) is 6.07 Å². The van der Waals surface area contributed by atoms with Crippen LogP contribution in [0, 0.1) is 11.2 Å². The van der Waals surface area contributed by atoms with E-state index >= 15 is 0 Å². The van der Waals surface area contributed by atoms with Crippen molar-refractivity contribution >= 4 is 39.4 Å². The second kappa shape index (κ2) is 6.75. The van der Waals surface area contributed by atoms with E-state index in [1.807, 2.05) is 6.92 Å². The van der Waals surface area contributed by atoms with Crippen molar-refractivity contribution in [2.24, 2.45) is 5.73 Å². The van der Waals surface area contributed by atoms with Gasteiger partial charge in [-0.15, -0.1) is 11.8 Å². The number of amidine groups is 1. The number of halogens is 2. The summed E-state index contributed by atoms with van der Waals surface area (Å²) in [5, 5.41) is 9.91. The first-order chi connectivity index (χ1) is 8.47. The minimum Gasteiger partial charge on any atom is -0.384 e. The number of hydrogen-bond donors (Lipinski definition) is 3. The number of carbonyl (C=O) groups excluding carboxylic acids is 1. The molecule has 0 bridgehead atoms. The fraction of sp³-hybridized carbons (Fsp3) is 0.273. The highest BCUT2D eigenvalue weighted by molar-refractivity contribution is 9.10. The number of amides is 1. The molecule has 1 aromatic carbocycles. The Bertz CT molecular complexity index is 482. The normalized spacial score (nSPS) is 10.2. The number of nitrogens with one attached hydrogen (secondary N) is 2. The zero-order valence-electron chi connectivity index (χ0n) is 9.72. The molecule has 0 saturated heterocycles. The Morgan fingerprint density at radius 2 is 2.28 bits per heavy atom. The summed E-state index contributed by atoms with van der Waals surface area (Å²) in [6.07, 6.45) is 0. The van der Waals surface area contributed by atoms with Crippen LogP contribution in [-0.2, 0) is 4.79 Å². The van der Waals surface area contributed by atoms with E-state index < -0.39 is 5.82 Å². The molecule has 98 valence electrons. The molecule has 4 N–H and O–H groups in total. The first-order valence-electron chi connectivity index (χ1n) is 5.19. The lowest BCUT2D eigenvalue weighted by molar-refractivity contribution is -0.118. The maximum Gasteiger partial charge on any atom is 0.230 e. The van der Waals surface area contributed by atoms with Gasteiger partial charge in [-0.05, 0) is 35.0 Å². The van der Waals surface area contributed by atoms with Gasteiger partial charge in [0.1, 0.15) is 5.84 Å². The Morgan fingerprint density at radius 1 is 1.61 bits per heavy atom. The average Bonchev–Trinajstić information content (AvgIpc) is 2.31. The van der Waals surface area contributed by atoms with Crippen molar-refractivity contribution in [3.05, 3.63) is 28.0 Å². The van der Waals surface area contributed by atoms with E-state index in [4.69, 9.17) is 11.1 Å². The SMILES string of the molecule is CCNC(=O)CSc1ccc(C(=N)N)c(Br)c1F. The fourth-order valence-corrected chi connectivity index (χ4v) is 2.72. The number of nitrogen functional groups attached to an aromatic ring is 1. The maximum absolute atomic E-state index is 13.9. The smallest absolute Gasteiger partial charge is 0.230 e. The second-order valence-corrected chi connectivity index (χ2v) is 5.21. The molecule has 0 fully saturated rings. The van der Waals surface area contributed by atoms with Crippen LogP contribution in [-0.4, -0.2) is 24.0 Å². The van der Waals surface area contributed by atoms with Crippen LogP contribution in [0.5, 0.6) is 0 Å². The molecule has 1 aromatic rings. The summed E-state index contributed by atoms with van der Waals surface area (Å²) < 4.78 is 14.1. The molecular formula is C11H13BrFN3OS. The largest absolute Gasteiger partial charge is 0.384 e. The van der Waals surface area contributed by atoms with E-state index in [1.165, 1.54) is 6.07 Å². The molecule has 18 heavy (non-hydrogen) atoms. The molecule has 0 aliphatic rings. The summed E-state index contributed by atoms with van der Waals surface area (Å²) in [5.74, 6) is -0.705. The summed E-state index contributed by atoms with van der Waals surface area (Å²) in [7, 11) is 0. The number of thioether (sulfide) groups is 1. The number of nitrogens with two attached hydrogens (primary N) is 1. The van der Waals surface area contributed by atoms with Gasteiger partial charge in [0.2, 0.25) is 5.91 Å². The Labute approximate surface area is 117 Å². The van der Waals surface area contributed by atoms with Gasteiger partial charge in [0.25, 0.3) is 0 Å². The molecule has 7 heteroatoms. The standard InChI is InChI=1S/C11H13BrFN3OS/c1-2-16-8(17)5-18-7-4-3-6(11(14)15)9(12)10(7)13/h3-4H,2,5H2,1H3,(H3,14,15)(H,16,17). The number of hydrogen-bond acceptors (Lipinski definition) is 3. The molecule has 1 rings (SSSR count). The lowest BCUT2D eigenvalue weighted by Crippen LogP contribution is -2.24. The third-order valence-electron chi connectivity index (χ3n) is 2.07. The highest BCUT2D eigenvalue weighted by Crippen LogP contribution is 2.29. The zero-order valence-corrected chi connectivity index (χ0v) is 12.1. The molecule has 0 aliphatic heterocycles.